The molecule has 1 aliphatic carbocycles. The van der Waals surface area contributed by atoms with Crippen LogP contribution in [0.15, 0.2) is 4.52 Å². The third kappa shape index (κ3) is 1.66. The van der Waals surface area contributed by atoms with Crippen molar-refractivity contribution in [2.75, 3.05) is 0 Å². The predicted molar refractivity (Wildman–Crippen MR) is 52.6 cm³/mol. The summed E-state index contributed by atoms with van der Waals surface area (Å²) in [6.45, 7) is 2.15. The average molecular weight is 195 g/mol. The fraction of sp³-hybridized carbons (Fsp3) is 0.800. The van der Waals surface area contributed by atoms with Crippen LogP contribution in [-0.2, 0) is 12.0 Å². The van der Waals surface area contributed by atoms with E-state index in [0.29, 0.717) is 5.89 Å². The Bertz CT molecular complexity index is 304. The second kappa shape index (κ2) is 3.69. The van der Waals surface area contributed by atoms with Gasteiger partial charge in [0, 0.05) is 6.42 Å². The first-order valence-electron chi connectivity index (χ1n) is 5.36. The second-order valence-corrected chi connectivity index (χ2v) is 4.13. The lowest BCUT2D eigenvalue weighted by Crippen LogP contribution is -2.43. The zero-order chi connectivity index (χ0) is 10.0. The number of nitrogens with zero attached hydrogens (tertiary/aromatic N) is 2. The van der Waals surface area contributed by atoms with Crippen molar-refractivity contribution in [1.29, 1.82) is 0 Å². The molecule has 1 aromatic heterocycles. The van der Waals surface area contributed by atoms with Crippen molar-refractivity contribution in [1.82, 2.24) is 10.1 Å². The number of aryl methyl sites for hydroxylation is 1. The van der Waals surface area contributed by atoms with Crippen molar-refractivity contribution in [3.63, 3.8) is 0 Å². The molecular weight excluding hydrogens is 178 g/mol. The zero-order valence-electron chi connectivity index (χ0n) is 8.62. The summed E-state index contributed by atoms with van der Waals surface area (Å²) in [4.78, 5) is 4.34. The number of unbranched alkanes of at least 4 members (excludes halogenated alkanes) is 1. The molecule has 0 bridgehead atoms. The summed E-state index contributed by atoms with van der Waals surface area (Å²) >= 11 is 0. The van der Waals surface area contributed by atoms with Gasteiger partial charge in [-0.3, -0.25) is 0 Å². The maximum Gasteiger partial charge on any atom is 0.246 e. The highest BCUT2D eigenvalue weighted by molar-refractivity contribution is 5.06. The fourth-order valence-corrected chi connectivity index (χ4v) is 1.66. The summed E-state index contributed by atoms with van der Waals surface area (Å²) in [5, 5.41) is 3.94. The van der Waals surface area contributed by atoms with Crippen LogP contribution in [0.25, 0.3) is 0 Å². The molecule has 1 saturated carbocycles. The van der Waals surface area contributed by atoms with Crippen molar-refractivity contribution in [2.45, 2.75) is 51.0 Å². The Hall–Kier alpha value is -0.900. The van der Waals surface area contributed by atoms with Crippen LogP contribution < -0.4 is 5.73 Å². The van der Waals surface area contributed by atoms with E-state index < -0.39 is 0 Å². The van der Waals surface area contributed by atoms with Crippen molar-refractivity contribution < 1.29 is 4.52 Å². The third-order valence-electron chi connectivity index (χ3n) is 2.89. The highest BCUT2D eigenvalue weighted by Crippen LogP contribution is 2.37. The lowest BCUT2D eigenvalue weighted by atomic mass is 9.78. The van der Waals surface area contributed by atoms with Gasteiger partial charge in [-0.05, 0) is 25.7 Å². The molecule has 0 unspecified atom stereocenters. The minimum Gasteiger partial charge on any atom is -0.337 e. The molecule has 14 heavy (non-hydrogen) atoms. The van der Waals surface area contributed by atoms with Gasteiger partial charge >= 0.3 is 0 Å². The molecule has 1 heterocycles. The monoisotopic (exact) mass is 195 g/mol. The van der Waals surface area contributed by atoms with Crippen LogP contribution in [0, 0.1) is 0 Å². The van der Waals surface area contributed by atoms with Crippen LogP contribution in [0.2, 0.25) is 0 Å². The van der Waals surface area contributed by atoms with E-state index in [4.69, 9.17) is 10.3 Å². The van der Waals surface area contributed by atoms with Gasteiger partial charge in [-0.25, -0.2) is 0 Å². The Balaban J connectivity index is 2.02. The van der Waals surface area contributed by atoms with Crippen LogP contribution >= 0.6 is 0 Å². The van der Waals surface area contributed by atoms with Gasteiger partial charge in [0.25, 0.3) is 0 Å². The first-order chi connectivity index (χ1) is 6.74. The zero-order valence-corrected chi connectivity index (χ0v) is 8.62. The van der Waals surface area contributed by atoms with Crippen LogP contribution in [-0.4, -0.2) is 10.1 Å². The molecule has 78 valence electrons. The highest BCUT2D eigenvalue weighted by atomic mass is 16.5. The average Bonchev–Trinajstić information content (AvgIpc) is 2.59. The normalized spacial score (nSPS) is 19.3. The molecule has 0 radical (unpaired) electrons. The van der Waals surface area contributed by atoms with Gasteiger partial charge in [-0.1, -0.05) is 18.5 Å². The highest BCUT2D eigenvalue weighted by Gasteiger charge is 2.39. The first-order valence-corrected chi connectivity index (χ1v) is 5.36. The maximum atomic E-state index is 6.07. The molecule has 0 spiro atoms. The van der Waals surface area contributed by atoms with Gasteiger partial charge in [0.1, 0.15) is 0 Å². The summed E-state index contributed by atoms with van der Waals surface area (Å²) < 4.78 is 5.18. The van der Waals surface area contributed by atoms with Crippen LogP contribution in [0.3, 0.4) is 0 Å². The number of nitrogens with two attached hydrogens (primary N) is 1. The van der Waals surface area contributed by atoms with Crippen molar-refractivity contribution in [2.24, 2.45) is 5.73 Å². The van der Waals surface area contributed by atoms with E-state index in [9.17, 15) is 0 Å². The predicted octanol–water partition coefficient (Wildman–Crippen LogP) is 1.75. The fourth-order valence-electron chi connectivity index (χ4n) is 1.66. The van der Waals surface area contributed by atoms with Gasteiger partial charge in [-0.15, -0.1) is 0 Å². The van der Waals surface area contributed by atoms with E-state index in [1.807, 2.05) is 0 Å². The van der Waals surface area contributed by atoms with E-state index in [1.165, 1.54) is 6.42 Å². The van der Waals surface area contributed by atoms with E-state index in [-0.39, 0.29) is 5.54 Å². The van der Waals surface area contributed by atoms with Gasteiger partial charge in [0.15, 0.2) is 5.82 Å². The summed E-state index contributed by atoms with van der Waals surface area (Å²) in [7, 11) is 0. The Morgan fingerprint density at radius 3 is 2.86 bits per heavy atom. The molecule has 4 heteroatoms. The Labute approximate surface area is 83.9 Å². The molecule has 0 aromatic carbocycles. The number of hydrogen-bond acceptors (Lipinski definition) is 4. The van der Waals surface area contributed by atoms with Crippen molar-refractivity contribution in [3.8, 4) is 0 Å². The van der Waals surface area contributed by atoms with E-state index >= 15 is 0 Å². The van der Waals surface area contributed by atoms with Gasteiger partial charge < -0.3 is 10.3 Å². The largest absolute Gasteiger partial charge is 0.337 e. The topological polar surface area (TPSA) is 64.9 Å². The number of rotatable bonds is 4. The lowest BCUT2D eigenvalue weighted by molar-refractivity contribution is 0.181. The van der Waals surface area contributed by atoms with E-state index in [1.54, 1.807) is 0 Å². The minimum atomic E-state index is -0.308. The van der Waals surface area contributed by atoms with Gasteiger partial charge in [0.05, 0.1) is 5.54 Å². The summed E-state index contributed by atoms with van der Waals surface area (Å²) in [6.07, 6.45) is 6.28. The third-order valence-corrected chi connectivity index (χ3v) is 2.89. The maximum absolute atomic E-state index is 6.07. The molecule has 0 atom stereocenters. The summed E-state index contributed by atoms with van der Waals surface area (Å²) in [5.41, 5.74) is 5.76. The molecule has 1 aliphatic rings. The molecule has 2 rings (SSSR count). The molecule has 0 amide bonds. The number of hydrogen-bond donors (Lipinski definition) is 1. The molecular formula is C10H17N3O. The number of aromatic nitrogens is 2. The SMILES string of the molecule is CCCCc1noc(C2(N)CCC2)n1. The Morgan fingerprint density at radius 1 is 1.50 bits per heavy atom. The van der Waals surface area contributed by atoms with Crippen molar-refractivity contribution in [3.05, 3.63) is 11.7 Å². The minimum absolute atomic E-state index is 0.308. The smallest absolute Gasteiger partial charge is 0.246 e. The molecule has 2 N–H and O–H groups in total. The van der Waals surface area contributed by atoms with E-state index in [2.05, 4.69) is 17.1 Å². The summed E-state index contributed by atoms with van der Waals surface area (Å²) in [6, 6.07) is 0. The molecule has 4 nitrogen and oxygen atoms in total. The molecule has 0 saturated heterocycles. The quantitative estimate of drug-likeness (QED) is 0.794. The van der Waals surface area contributed by atoms with Gasteiger partial charge in [0.2, 0.25) is 5.89 Å². The Morgan fingerprint density at radius 2 is 2.29 bits per heavy atom. The van der Waals surface area contributed by atoms with Crippen molar-refractivity contribution >= 4 is 0 Å². The first kappa shape index (κ1) is 9.65. The van der Waals surface area contributed by atoms with Crippen LogP contribution in [0.1, 0.15) is 50.7 Å². The molecule has 1 aromatic rings. The standard InChI is InChI=1S/C10H17N3O/c1-2-3-5-8-12-9(14-13-8)10(11)6-4-7-10/h2-7,11H2,1H3. The second-order valence-electron chi connectivity index (χ2n) is 4.13. The lowest BCUT2D eigenvalue weighted by Gasteiger charge is -2.33. The Kier molecular flexibility index (Phi) is 2.54. The molecule has 0 aliphatic heterocycles. The van der Waals surface area contributed by atoms with Crippen LogP contribution in [0.4, 0.5) is 0 Å². The van der Waals surface area contributed by atoms with Crippen LogP contribution in [0.5, 0.6) is 0 Å². The molecule has 1 fully saturated rings. The van der Waals surface area contributed by atoms with Gasteiger partial charge in [-0.2, -0.15) is 4.98 Å². The van der Waals surface area contributed by atoms with E-state index in [0.717, 1.165) is 37.9 Å². The summed E-state index contributed by atoms with van der Waals surface area (Å²) in [5.74, 6) is 1.44.